The Morgan fingerprint density at radius 2 is 1.76 bits per heavy atom. The van der Waals surface area contributed by atoms with E-state index < -0.39 is 10.0 Å². The molecule has 0 aliphatic heterocycles. The lowest BCUT2D eigenvalue weighted by atomic mass is 9.96. The third-order valence-electron chi connectivity index (χ3n) is 5.29. The Hall–Kier alpha value is -2.09. The molecule has 1 aliphatic carbocycles. The normalized spacial score (nSPS) is 15.3. The van der Waals surface area contributed by atoms with Crippen LogP contribution in [0.15, 0.2) is 47.4 Å². The van der Waals surface area contributed by atoms with Gasteiger partial charge in [0.1, 0.15) is 5.75 Å². The number of halogens is 1. The molecule has 3 rings (SSSR count). The Morgan fingerprint density at radius 1 is 1.10 bits per heavy atom. The monoisotopic (exact) mass is 436 g/mol. The second-order valence-corrected chi connectivity index (χ2v) is 9.55. The molecule has 156 valence electrons. The molecular weight excluding hydrogens is 412 g/mol. The lowest BCUT2D eigenvalue weighted by molar-refractivity contribution is 0.102. The fourth-order valence-electron chi connectivity index (χ4n) is 3.53. The van der Waals surface area contributed by atoms with Gasteiger partial charge in [0.15, 0.2) is 0 Å². The third-order valence-corrected chi connectivity index (χ3v) is 7.51. The number of ether oxygens (including phenoxy) is 1. The fourth-order valence-corrected chi connectivity index (χ4v) is 5.21. The zero-order chi connectivity index (χ0) is 21.0. The third kappa shape index (κ3) is 4.91. The number of carbonyl (C=O) groups is 1. The van der Waals surface area contributed by atoms with Crippen molar-refractivity contribution in [3.05, 3.63) is 53.1 Å². The molecule has 2 aromatic carbocycles. The number of nitrogens with one attached hydrogen (secondary N) is 1. The molecule has 0 unspecified atom stereocenters. The highest BCUT2D eigenvalue weighted by Gasteiger charge is 2.29. The molecule has 1 fully saturated rings. The van der Waals surface area contributed by atoms with Gasteiger partial charge in [-0.05, 0) is 55.3 Å². The molecule has 0 aromatic heterocycles. The average Bonchev–Trinajstić information content (AvgIpc) is 2.74. The van der Waals surface area contributed by atoms with Crippen molar-refractivity contribution >= 4 is 33.2 Å². The van der Waals surface area contributed by atoms with Gasteiger partial charge < -0.3 is 10.1 Å². The van der Waals surface area contributed by atoms with Crippen molar-refractivity contribution in [2.75, 3.05) is 19.5 Å². The SMILES string of the molecule is COc1ccc(NC(=O)c2ccc(S(=O)(=O)N(C)C3CCCCC3)cc2)cc1Cl. The highest BCUT2D eigenvalue weighted by molar-refractivity contribution is 7.89. The summed E-state index contributed by atoms with van der Waals surface area (Å²) in [5.41, 5.74) is 0.880. The van der Waals surface area contributed by atoms with Crippen LogP contribution in [0.1, 0.15) is 42.5 Å². The Morgan fingerprint density at radius 3 is 2.34 bits per heavy atom. The lowest BCUT2D eigenvalue weighted by Gasteiger charge is -2.30. The summed E-state index contributed by atoms with van der Waals surface area (Å²) in [5.74, 6) is 0.164. The van der Waals surface area contributed by atoms with Crippen molar-refractivity contribution < 1.29 is 17.9 Å². The maximum Gasteiger partial charge on any atom is 0.255 e. The summed E-state index contributed by atoms with van der Waals surface area (Å²) < 4.78 is 32.4. The van der Waals surface area contributed by atoms with Crippen molar-refractivity contribution in [2.24, 2.45) is 0 Å². The van der Waals surface area contributed by atoms with E-state index in [9.17, 15) is 13.2 Å². The second-order valence-electron chi connectivity index (χ2n) is 7.14. The number of carbonyl (C=O) groups excluding carboxylic acids is 1. The molecule has 8 heteroatoms. The Bertz CT molecular complexity index is 971. The number of hydrogen-bond acceptors (Lipinski definition) is 4. The Labute approximate surface area is 176 Å². The minimum Gasteiger partial charge on any atom is -0.495 e. The maximum absolute atomic E-state index is 12.9. The summed E-state index contributed by atoms with van der Waals surface area (Å²) in [6.07, 6.45) is 5.05. The molecule has 0 radical (unpaired) electrons. The van der Waals surface area contributed by atoms with Crippen molar-refractivity contribution in [1.29, 1.82) is 0 Å². The van der Waals surface area contributed by atoms with Crippen molar-refractivity contribution in [3.63, 3.8) is 0 Å². The number of anilines is 1. The first kappa shape index (κ1) is 21.6. The van der Waals surface area contributed by atoms with Crippen LogP contribution in [-0.4, -0.2) is 38.8 Å². The number of rotatable bonds is 6. The molecule has 0 spiro atoms. The summed E-state index contributed by atoms with van der Waals surface area (Å²) in [6, 6.07) is 11.0. The molecule has 29 heavy (non-hydrogen) atoms. The van der Waals surface area contributed by atoms with Crippen LogP contribution in [0.5, 0.6) is 5.75 Å². The summed E-state index contributed by atoms with van der Waals surface area (Å²) >= 11 is 6.08. The average molecular weight is 437 g/mol. The van der Waals surface area contributed by atoms with Gasteiger partial charge in [0.25, 0.3) is 5.91 Å². The van der Waals surface area contributed by atoms with Gasteiger partial charge in [-0.15, -0.1) is 0 Å². The molecule has 0 heterocycles. The van der Waals surface area contributed by atoms with Gasteiger partial charge in [0, 0.05) is 24.3 Å². The molecule has 2 aromatic rings. The van der Waals surface area contributed by atoms with Crippen LogP contribution in [0, 0.1) is 0 Å². The Balaban J connectivity index is 1.71. The Kier molecular flexibility index (Phi) is 6.82. The zero-order valence-corrected chi connectivity index (χ0v) is 18.1. The molecule has 0 saturated heterocycles. The quantitative estimate of drug-likeness (QED) is 0.720. The van der Waals surface area contributed by atoms with E-state index in [0.29, 0.717) is 22.0 Å². The summed E-state index contributed by atoms with van der Waals surface area (Å²) in [5, 5.41) is 3.13. The van der Waals surface area contributed by atoms with E-state index in [1.807, 2.05) is 0 Å². The van der Waals surface area contributed by atoms with Crippen LogP contribution in [0.4, 0.5) is 5.69 Å². The zero-order valence-electron chi connectivity index (χ0n) is 16.5. The van der Waals surface area contributed by atoms with Gasteiger partial charge in [-0.25, -0.2) is 8.42 Å². The van der Waals surface area contributed by atoms with Gasteiger partial charge in [-0.2, -0.15) is 4.31 Å². The van der Waals surface area contributed by atoms with Crippen molar-refractivity contribution in [3.8, 4) is 5.75 Å². The number of methoxy groups -OCH3 is 1. The van der Waals surface area contributed by atoms with Crippen LogP contribution in [0.3, 0.4) is 0 Å². The van der Waals surface area contributed by atoms with E-state index >= 15 is 0 Å². The van der Waals surface area contributed by atoms with E-state index in [-0.39, 0.29) is 16.8 Å². The van der Waals surface area contributed by atoms with E-state index in [2.05, 4.69) is 5.32 Å². The summed E-state index contributed by atoms with van der Waals surface area (Å²) in [6.45, 7) is 0. The first-order valence-electron chi connectivity index (χ1n) is 9.56. The first-order valence-corrected chi connectivity index (χ1v) is 11.4. The summed E-state index contributed by atoms with van der Waals surface area (Å²) in [4.78, 5) is 12.7. The molecular formula is C21H25ClN2O4S. The highest BCUT2D eigenvalue weighted by Crippen LogP contribution is 2.28. The number of hydrogen-bond donors (Lipinski definition) is 1. The van der Waals surface area contributed by atoms with Gasteiger partial charge in [0.05, 0.1) is 17.0 Å². The van der Waals surface area contributed by atoms with Crippen LogP contribution in [0.2, 0.25) is 5.02 Å². The van der Waals surface area contributed by atoms with E-state index in [1.165, 1.54) is 35.7 Å². The van der Waals surface area contributed by atoms with Crippen molar-refractivity contribution in [2.45, 2.75) is 43.0 Å². The molecule has 1 N–H and O–H groups in total. The standard InChI is InChI=1S/C21H25ClN2O4S/c1-24(17-6-4-3-5-7-17)29(26,27)18-11-8-15(9-12-18)21(25)23-16-10-13-20(28-2)19(22)14-16/h8-14,17H,3-7H2,1-2H3,(H,23,25). The molecule has 6 nitrogen and oxygen atoms in total. The second kappa shape index (κ2) is 9.15. The number of nitrogens with zero attached hydrogens (tertiary/aromatic N) is 1. The molecule has 1 aliphatic rings. The van der Waals surface area contributed by atoms with E-state index in [0.717, 1.165) is 32.1 Å². The number of benzene rings is 2. The first-order chi connectivity index (χ1) is 13.8. The summed E-state index contributed by atoms with van der Waals surface area (Å²) in [7, 11) is -0.430. The topological polar surface area (TPSA) is 75.7 Å². The minimum absolute atomic E-state index is 0.0385. The van der Waals surface area contributed by atoms with Gasteiger partial charge in [-0.3, -0.25) is 4.79 Å². The van der Waals surface area contributed by atoms with Crippen LogP contribution < -0.4 is 10.1 Å². The molecule has 0 bridgehead atoms. The van der Waals surface area contributed by atoms with Gasteiger partial charge >= 0.3 is 0 Å². The van der Waals surface area contributed by atoms with Crippen LogP contribution >= 0.6 is 11.6 Å². The predicted molar refractivity (Wildman–Crippen MR) is 114 cm³/mol. The van der Waals surface area contributed by atoms with Crippen LogP contribution in [0.25, 0.3) is 0 Å². The predicted octanol–water partition coefficient (Wildman–Crippen LogP) is 4.55. The minimum atomic E-state index is -3.58. The fraction of sp³-hybridized carbons (Fsp3) is 0.381. The van der Waals surface area contributed by atoms with Crippen molar-refractivity contribution in [1.82, 2.24) is 4.31 Å². The largest absolute Gasteiger partial charge is 0.495 e. The lowest BCUT2D eigenvalue weighted by Crippen LogP contribution is -2.38. The van der Waals surface area contributed by atoms with E-state index in [4.69, 9.17) is 16.3 Å². The number of amides is 1. The van der Waals surface area contributed by atoms with Gasteiger partial charge in [0.2, 0.25) is 10.0 Å². The molecule has 1 amide bonds. The number of sulfonamides is 1. The molecule has 1 saturated carbocycles. The maximum atomic E-state index is 12.9. The van der Waals surface area contributed by atoms with Gasteiger partial charge in [-0.1, -0.05) is 30.9 Å². The van der Waals surface area contributed by atoms with E-state index in [1.54, 1.807) is 25.2 Å². The highest BCUT2D eigenvalue weighted by atomic mass is 35.5. The smallest absolute Gasteiger partial charge is 0.255 e. The van der Waals surface area contributed by atoms with Crippen LogP contribution in [-0.2, 0) is 10.0 Å². The molecule has 0 atom stereocenters.